The number of nitrogens with one attached hydrogen (secondary N) is 2. The fourth-order valence-corrected chi connectivity index (χ4v) is 4.27. The van der Waals surface area contributed by atoms with E-state index in [2.05, 4.69) is 43.2 Å². The van der Waals surface area contributed by atoms with Crippen LogP contribution in [-0.4, -0.2) is 49.1 Å². The van der Waals surface area contributed by atoms with E-state index in [4.69, 9.17) is 0 Å². The highest BCUT2D eigenvalue weighted by Gasteiger charge is 2.31. The van der Waals surface area contributed by atoms with Crippen molar-refractivity contribution in [2.24, 2.45) is 17.8 Å². The van der Waals surface area contributed by atoms with Gasteiger partial charge in [0.15, 0.2) is 0 Å². The zero-order valence-electron chi connectivity index (χ0n) is 16.4. The summed E-state index contributed by atoms with van der Waals surface area (Å²) in [5.74, 6) is 2.18. The smallest absolute Gasteiger partial charge is 0.220 e. The molecule has 0 aromatic carbocycles. The molecule has 0 radical (unpaired) electrons. The van der Waals surface area contributed by atoms with Crippen LogP contribution >= 0.6 is 0 Å². The average Bonchev–Trinajstić information content (AvgIpc) is 2.61. The third-order valence-electron chi connectivity index (χ3n) is 6.32. The number of piperidine rings is 2. The minimum absolute atomic E-state index is 0.0547. The van der Waals surface area contributed by atoms with E-state index in [1.807, 2.05) is 0 Å². The Morgan fingerprint density at radius 3 is 2.79 bits per heavy atom. The molecule has 3 unspecified atom stereocenters. The predicted molar refractivity (Wildman–Crippen MR) is 101 cm³/mol. The maximum absolute atomic E-state index is 12.4. The van der Waals surface area contributed by atoms with E-state index in [1.54, 1.807) is 0 Å². The first-order chi connectivity index (χ1) is 11.4. The second-order valence-corrected chi connectivity index (χ2v) is 8.74. The van der Waals surface area contributed by atoms with Gasteiger partial charge < -0.3 is 10.6 Å². The van der Waals surface area contributed by atoms with Gasteiger partial charge in [-0.15, -0.1) is 0 Å². The summed E-state index contributed by atoms with van der Waals surface area (Å²) >= 11 is 0. The Bertz CT molecular complexity index is 390. The average molecular weight is 338 g/mol. The van der Waals surface area contributed by atoms with Crippen molar-refractivity contribution in [1.82, 2.24) is 15.5 Å². The molecule has 2 fully saturated rings. The molecule has 24 heavy (non-hydrogen) atoms. The van der Waals surface area contributed by atoms with Gasteiger partial charge in [0.1, 0.15) is 0 Å². The zero-order valence-corrected chi connectivity index (χ0v) is 16.4. The van der Waals surface area contributed by atoms with Crippen LogP contribution in [0.5, 0.6) is 0 Å². The van der Waals surface area contributed by atoms with Crippen LogP contribution in [0.25, 0.3) is 0 Å². The van der Waals surface area contributed by atoms with Gasteiger partial charge in [-0.25, -0.2) is 0 Å². The summed E-state index contributed by atoms with van der Waals surface area (Å²) in [7, 11) is 0. The highest BCUT2D eigenvalue weighted by Crippen LogP contribution is 2.26. The summed E-state index contributed by atoms with van der Waals surface area (Å²) < 4.78 is 0. The van der Waals surface area contributed by atoms with Gasteiger partial charge in [-0.05, 0) is 76.9 Å². The highest BCUT2D eigenvalue weighted by atomic mass is 16.1. The molecule has 2 N–H and O–H groups in total. The van der Waals surface area contributed by atoms with E-state index in [9.17, 15) is 4.79 Å². The molecule has 2 saturated heterocycles. The first-order valence-corrected chi connectivity index (χ1v) is 10.1. The molecule has 0 bridgehead atoms. The first kappa shape index (κ1) is 19.7. The summed E-state index contributed by atoms with van der Waals surface area (Å²) in [4.78, 5) is 15.0. The molecule has 2 aliphatic rings. The van der Waals surface area contributed by atoms with Crippen molar-refractivity contribution in [2.45, 2.75) is 71.8 Å². The number of amides is 1. The SMILES string of the molecule is CCC1CCCN(C(C)(C)CNC(=O)CC(C)C2CCCNC2)C1. The first-order valence-electron chi connectivity index (χ1n) is 10.1. The second-order valence-electron chi connectivity index (χ2n) is 8.74. The maximum Gasteiger partial charge on any atom is 0.220 e. The van der Waals surface area contributed by atoms with E-state index < -0.39 is 0 Å². The molecule has 1 amide bonds. The van der Waals surface area contributed by atoms with Gasteiger partial charge in [0.2, 0.25) is 5.91 Å². The molecule has 2 heterocycles. The molecule has 4 heteroatoms. The third kappa shape index (κ3) is 5.73. The molecule has 0 aliphatic carbocycles. The van der Waals surface area contributed by atoms with Crippen LogP contribution in [0.15, 0.2) is 0 Å². The molecule has 0 saturated carbocycles. The van der Waals surface area contributed by atoms with Crippen LogP contribution in [0.2, 0.25) is 0 Å². The van der Waals surface area contributed by atoms with Crippen molar-refractivity contribution in [1.29, 1.82) is 0 Å². The van der Waals surface area contributed by atoms with Crippen molar-refractivity contribution in [3.63, 3.8) is 0 Å². The largest absolute Gasteiger partial charge is 0.354 e. The second kappa shape index (κ2) is 9.19. The predicted octanol–water partition coefficient (Wildman–Crippen LogP) is 3.03. The molecule has 0 spiro atoms. The summed E-state index contributed by atoms with van der Waals surface area (Å²) in [5.41, 5.74) is 0.0547. The van der Waals surface area contributed by atoms with Crippen LogP contribution in [0.1, 0.15) is 66.2 Å². The quantitative estimate of drug-likeness (QED) is 0.750. The summed E-state index contributed by atoms with van der Waals surface area (Å²) in [6.07, 6.45) is 7.10. The Morgan fingerprint density at radius 1 is 1.33 bits per heavy atom. The molecule has 3 atom stereocenters. The van der Waals surface area contributed by atoms with Crippen LogP contribution in [-0.2, 0) is 4.79 Å². The van der Waals surface area contributed by atoms with Gasteiger partial charge >= 0.3 is 0 Å². The number of carbonyl (C=O) groups excluding carboxylic acids is 1. The van der Waals surface area contributed by atoms with Crippen molar-refractivity contribution in [2.75, 3.05) is 32.7 Å². The Morgan fingerprint density at radius 2 is 2.12 bits per heavy atom. The summed E-state index contributed by atoms with van der Waals surface area (Å²) in [5, 5.41) is 6.68. The van der Waals surface area contributed by atoms with Gasteiger partial charge in [0.25, 0.3) is 0 Å². The molecular weight excluding hydrogens is 298 g/mol. The lowest BCUT2D eigenvalue weighted by molar-refractivity contribution is -0.123. The van der Waals surface area contributed by atoms with E-state index in [1.165, 1.54) is 45.2 Å². The van der Waals surface area contributed by atoms with Crippen LogP contribution < -0.4 is 10.6 Å². The molecule has 140 valence electrons. The monoisotopic (exact) mass is 337 g/mol. The standard InChI is InChI=1S/C20H39N3O/c1-5-17-8-7-11-23(14-17)20(3,4)15-22-19(24)12-16(2)18-9-6-10-21-13-18/h16-18,21H,5-15H2,1-4H3,(H,22,24). The Labute approximate surface area is 149 Å². The van der Waals surface area contributed by atoms with Crippen molar-refractivity contribution < 1.29 is 4.79 Å². The molecule has 0 aromatic heterocycles. The maximum atomic E-state index is 12.4. The number of hydrogen-bond donors (Lipinski definition) is 2. The molecule has 4 nitrogen and oxygen atoms in total. The lowest BCUT2D eigenvalue weighted by Crippen LogP contribution is -2.55. The minimum atomic E-state index is 0.0547. The number of rotatable bonds is 7. The fraction of sp³-hybridized carbons (Fsp3) is 0.950. The van der Waals surface area contributed by atoms with Crippen molar-refractivity contribution in [3.8, 4) is 0 Å². The van der Waals surface area contributed by atoms with Crippen molar-refractivity contribution >= 4 is 5.91 Å². The molecule has 2 rings (SSSR count). The Hall–Kier alpha value is -0.610. The van der Waals surface area contributed by atoms with Crippen LogP contribution in [0, 0.1) is 17.8 Å². The van der Waals surface area contributed by atoms with E-state index >= 15 is 0 Å². The number of nitrogens with zero attached hydrogens (tertiary/aromatic N) is 1. The number of hydrogen-bond acceptors (Lipinski definition) is 3. The van der Waals surface area contributed by atoms with Gasteiger partial charge in [-0.2, -0.15) is 0 Å². The van der Waals surface area contributed by atoms with E-state index in [-0.39, 0.29) is 11.4 Å². The normalized spacial score (nSPS) is 27.7. The fourth-order valence-electron chi connectivity index (χ4n) is 4.27. The Kier molecular flexibility index (Phi) is 7.55. The topological polar surface area (TPSA) is 44.4 Å². The molecular formula is C20H39N3O. The third-order valence-corrected chi connectivity index (χ3v) is 6.32. The Balaban J connectivity index is 1.75. The summed E-state index contributed by atoms with van der Waals surface area (Å²) in [6.45, 7) is 14.4. The van der Waals surface area contributed by atoms with E-state index in [0.717, 1.165) is 25.6 Å². The molecule has 2 aliphatic heterocycles. The zero-order chi connectivity index (χ0) is 17.6. The number of carbonyl (C=O) groups is 1. The highest BCUT2D eigenvalue weighted by molar-refractivity contribution is 5.76. The van der Waals surface area contributed by atoms with Gasteiger partial charge in [0, 0.05) is 25.0 Å². The lowest BCUT2D eigenvalue weighted by atomic mass is 9.85. The van der Waals surface area contributed by atoms with Crippen molar-refractivity contribution in [3.05, 3.63) is 0 Å². The van der Waals surface area contributed by atoms with Crippen LogP contribution in [0.4, 0.5) is 0 Å². The van der Waals surface area contributed by atoms with E-state index in [0.29, 0.717) is 18.3 Å². The van der Waals surface area contributed by atoms with Gasteiger partial charge in [-0.3, -0.25) is 9.69 Å². The van der Waals surface area contributed by atoms with Gasteiger partial charge in [0.05, 0.1) is 0 Å². The summed E-state index contributed by atoms with van der Waals surface area (Å²) in [6, 6.07) is 0. The van der Waals surface area contributed by atoms with Gasteiger partial charge in [-0.1, -0.05) is 20.3 Å². The minimum Gasteiger partial charge on any atom is -0.354 e. The molecule has 0 aromatic rings. The van der Waals surface area contributed by atoms with Crippen LogP contribution in [0.3, 0.4) is 0 Å². The number of likely N-dealkylation sites (tertiary alicyclic amines) is 1. The lowest BCUT2D eigenvalue weighted by Gasteiger charge is -2.43.